The van der Waals surface area contributed by atoms with Crippen LogP contribution in [0.25, 0.3) is 17.0 Å². The van der Waals surface area contributed by atoms with Crippen LogP contribution in [0.15, 0.2) is 49.1 Å². The molecule has 1 amide bonds. The number of nitrogens with zero attached hydrogens (tertiary/aromatic N) is 5. The summed E-state index contributed by atoms with van der Waals surface area (Å²) >= 11 is 0. The molecule has 0 saturated heterocycles. The second kappa shape index (κ2) is 6.73. The smallest absolute Gasteiger partial charge is 0.261 e. The van der Waals surface area contributed by atoms with Crippen LogP contribution in [0.4, 0.5) is 5.69 Å². The molecule has 29 heavy (non-hydrogen) atoms. The van der Waals surface area contributed by atoms with Crippen molar-refractivity contribution in [3.05, 3.63) is 60.3 Å². The fraction of sp³-hybridized carbons (Fsp3) is 0.238. The number of ether oxygens (including phenoxy) is 1. The molecule has 0 atom stereocenters. The minimum absolute atomic E-state index is 0.282. The Hall–Kier alpha value is -3.68. The minimum Gasteiger partial charge on any atom is -0.494 e. The number of amides is 1. The average molecular weight is 388 g/mol. The lowest BCUT2D eigenvalue weighted by Crippen LogP contribution is -2.13. The highest BCUT2D eigenvalue weighted by Gasteiger charge is 2.26. The van der Waals surface area contributed by atoms with E-state index in [1.54, 1.807) is 30.1 Å². The number of carbonyl (C=O) groups is 1. The number of carbonyl (C=O) groups excluding carboxylic acids is 1. The van der Waals surface area contributed by atoms with Crippen molar-refractivity contribution in [2.45, 2.75) is 18.8 Å². The van der Waals surface area contributed by atoms with Crippen LogP contribution >= 0.6 is 0 Å². The maximum Gasteiger partial charge on any atom is 0.261 e. The van der Waals surface area contributed by atoms with Crippen LogP contribution in [0.1, 0.15) is 34.8 Å². The molecule has 8 heteroatoms. The molecule has 0 spiro atoms. The van der Waals surface area contributed by atoms with E-state index in [9.17, 15) is 4.79 Å². The zero-order valence-corrected chi connectivity index (χ0v) is 16.2. The molecule has 146 valence electrons. The van der Waals surface area contributed by atoms with Crippen LogP contribution in [0.5, 0.6) is 5.75 Å². The van der Waals surface area contributed by atoms with Crippen LogP contribution < -0.4 is 10.1 Å². The first-order chi connectivity index (χ1) is 14.2. The van der Waals surface area contributed by atoms with Crippen molar-refractivity contribution in [1.29, 1.82) is 0 Å². The van der Waals surface area contributed by atoms with Crippen molar-refractivity contribution in [2.75, 3.05) is 12.4 Å². The van der Waals surface area contributed by atoms with Crippen LogP contribution in [0.3, 0.4) is 0 Å². The molecule has 0 aliphatic heterocycles. The number of imidazole rings is 1. The van der Waals surface area contributed by atoms with Gasteiger partial charge in [-0.15, -0.1) is 0 Å². The summed E-state index contributed by atoms with van der Waals surface area (Å²) in [6.45, 7) is 0. The molecule has 0 unspecified atom stereocenters. The number of hydrogen-bond acceptors (Lipinski definition) is 5. The molecule has 0 bridgehead atoms. The summed E-state index contributed by atoms with van der Waals surface area (Å²) in [7, 11) is 3.49. The third-order valence-corrected chi connectivity index (χ3v) is 5.16. The van der Waals surface area contributed by atoms with Gasteiger partial charge in [0.2, 0.25) is 0 Å². The van der Waals surface area contributed by atoms with Crippen LogP contribution in [0, 0.1) is 0 Å². The topological polar surface area (TPSA) is 86.3 Å². The summed E-state index contributed by atoms with van der Waals surface area (Å²) in [5.41, 5.74) is 3.37. The number of benzene rings is 1. The molecular formula is C21H20N6O2. The van der Waals surface area contributed by atoms with Crippen LogP contribution in [0.2, 0.25) is 0 Å². The summed E-state index contributed by atoms with van der Waals surface area (Å²) in [6.07, 6.45) is 9.29. The summed E-state index contributed by atoms with van der Waals surface area (Å²) in [6, 6.07) is 7.55. The lowest BCUT2D eigenvalue weighted by Gasteiger charge is -2.14. The fourth-order valence-electron chi connectivity index (χ4n) is 3.50. The van der Waals surface area contributed by atoms with Gasteiger partial charge in [-0.25, -0.2) is 14.5 Å². The molecule has 1 aliphatic carbocycles. The van der Waals surface area contributed by atoms with Gasteiger partial charge in [0.25, 0.3) is 5.91 Å². The normalized spacial score (nSPS) is 13.6. The van der Waals surface area contributed by atoms with Crippen molar-refractivity contribution in [1.82, 2.24) is 24.1 Å². The Bertz CT molecular complexity index is 1220. The molecule has 1 aromatic carbocycles. The number of rotatable bonds is 5. The summed E-state index contributed by atoms with van der Waals surface area (Å²) < 4.78 is 9.14. The molecule has 0 radical (unpaired) electrons. The van der Waals surface area contributed by atoms with Gasteiger partial charge in [0, 0.05) is 37.3 Å². The van der Waals surface area contributed by atoms with E-state index in [4.69, 9.17) is 4.74 Å². The lowest BCUT2D eigenvalue weighted by atomic mass is 10.1. The molecule has 1 aliphatic rings. The summed E-state index contributed by atoms with van der Waals surface area (Å²) in [5.74, 6) is 1.53. The number of para-hydroxylation sites is 1. The van der Waals surface area contributed by atoms with Crippen molar-refractivity contribution >= 4 is 17.2 Å². The van der Waals surface area contributed by atoms with Gasteiger partial charge in [0.1, 0.15) is 11.4 Å². The number of aryl methyl sites for hydroxylation is 1. The van der Waals surface area contributed by atoms with Gasteiger partial charge in [-0.1, -0.05) is 6.07 Å². The van der Waals surface area contributed by atoms with Gasteiger partial charge in [0.15, 0.2) is 11.4 Å². The van der Waals surface area contributed by atoms with E-state index in [0.29, 0.717) is 28.6 Å². The predicted molar refractivity (Wildman–Crippen MR) is 108 cm³/mol. The van der Waals surface area contributed by atoms with Gasteiger partial charge in [-0.2, -0.15) is 5.10 Å². The zero-order valence-electron chi connectivity index (χ0n) is 16.2. The van der Waals surface area contributed by atoms with Crippen molar-refractivity contribution in [3.8, 4) is 17.1 Å². The van der Waals surface area contributed by atoms with E-state index in [0.717, 1.165) is 29.9 Å². The maximum atomic E-state index is 13.0. The highest BCUT2D eigenvalue weighted by atomic mass is 16.5. The Morgan fingerprint density at radius 2 is 2.10 bits per heavy atom. The Balaban J connectivity index is 1.51. The van der Waals surface area contributed by atoms with E-state index < -0.39 is 0 Å². The molecule has 3 heterocycles. The Labute approximate surface area is 167 Å². The van der Waals surface area contributed by atoms with Gasteiger partial charge in [0.05, 0.1) is 24.6 Å². The summed E-state index contributed by atoms with van der Waals surface area (Å²) in [5, 5.41) is 7.21. The second-order valence-corrected chi connectivity index (χ2v) is 7.16. The first-order valence-electron chi connectivity index (χ1n) is 9.46. The van der Waals surface area contributed by atoms with E-state index >= 15 is 0 Å². The lowest BCUT2D eigenvalue weighted by molar-refractivity contribution is 0.102. The van der Waals surface area contributed by atoms with Crippen LogP contribution in [-0.4, -0.2) is 37.2 Å². The Kier molecular flexibility index (Phi) is 4.04. The fourth-order valence-corrected chi connectivity index (χ4v) is 3.50. The molecule has 1 saturated carbocycles. The van der Waals surface area contributed by atoms with E-state index in [1.165, 1.54) is 0 Å². The number of hydrogen-bond donors (Lipinski definition) is 1. The Morgan fingerprint density at radius 1 is 1.24 bits per heavy atom. The zero-order chi connectivity index (χ0) is 20.0. The number of aromatic nitrogens is 5. The van der Waals surface area contributed by atoms with Crippen molar-refractivity contribution in [2.24, 2.45) is 7.05 Å². The SMILES string of the molecule is COc1c(NC(=O)c2cnn3ccc(C4CC4)nc23)cccc1-c1nccn1C. The molecular weight excluding hydrogens is 368 g/mol. The minimum atomic E-state index is -0.282. The average Bonchev–Trinajstić information content (AvgIpc) is 3.36. The van der Waals surface area contributed by atoms with Gasteiger partial charge < -0.3 is 14.6 Å². The monoisotopic (exact) mass is 388 g/mol. The third-order valence-electron chi connectivity index (χ3n) is 5.16. The number of methoxy groups -OCH3 is 1. The largest absolute Gasteiger partial charge is 0.494 e. The van der Waals surface area contributed by atoms with Crippen LogP contribution in [-0.2, 0) is 7.05 Å². The van der Waals surface area contributed by atoms with E-state index in [-0.39, 0.29) is 5.91 Å². The molecule has 1 fully saturated rings. The molecule has 8 nitrogen and oxygen atoms in total. The molecule has 4 aromatic rings. The maximum absolute atomic E-state index is 13.0. The van der Waals surface area contributed by atoms with Gasteiger partial charge in [-0.3, -0.25) is 4.79 Å². The molecule has 3 aromatic heterocycles. The van der Waals surface area contributed by atoms with Crippen molar-refractivity contribution in [3.63, 3.8) is 0 Å². The third kappa shape index (κ3) is 3.02. The number of nitrogens with one attached hydrogen (secondary N) is 1. The predicted octanol–water partition coefficient (Wildman–Crippen LogP) is 3.27. The Morgan fingerprint density at radius 3 is 2.83 bits per heavy atom. The summed E-state index contributed by atoms with van der Waals surface area (Å²) in [4.78, 5) is 22.1. The van der Waals surface area contributed by atoms with E-state index in [2.05, 4.69) is 20.4 Å². The first-order valence-corrected chi connectivity index (χ1v) is 9.46. The van der Waals surface area contributed by atoms with E-state index in [1.807, 2.05) is 42.2 Å². The first kappa shape index (κ1) is 17.4. The van der Waals surface area contributed by atoms with Gasteiger partial charge in [-0.05, 0) is 31.0 Å². The molecule has 5 rings (SSSR count). The highest BCUT2D eigenvalue weighted by molar-refractivity contribution is 6.09. The highest BCUT2D eigenvalue weighted by Crippen LogP contribution is 2.39. The number of anilines is 1. The van der Waals surface area contributed by atoms with Gasteiger partial charge >= 0.3 is 0 Å². The quantitative estimate of drug-likeness (QED) is 0.567. The molecule has 1 N–H and O–H groups in total. The number of fused-ring (bicyclic) bond motifs is 1. The van der Waals surface area contributed by atoms with Crippen molar-refractivity contribution < 1.29 is 9.53 Å². The standard InChI is InChI=1S/C21H20N6O2/c1-26-11-9-22-19(26)14-4-3-5-17(18(14)29-2)25-21(28)15-12-23-27-10-8-16(13-6-7-13)24-20(15)27/h3-5,8-13H,6-7H2,1-2H3,(H,25,28). The second-order valence-electron chi connectivity index (χ2n) is 7.16.